The Morgan fingerprint density at radius 1 is 1.33 bits per heavy atom. The summed E-state index contributed by atoms with van der Waals surface area (Å²) in [5, 5.41) is 0. The Bertz CT molecular complexity index is 562. The molecule has 2 aliphatic rings. The summed E-state index contributed by atoms with van der Waals surface area (Å²) in [6, 6.07) is -0.0560. The van der Waals surface area contributed by atoms with E-state index in [4.69, 9.17) is 9.47 Å². The van der Waals surface area contributed by atoms with Gasteiger partial charge in [0.15, 0.2) is 0 Å². The fourth-order valence-electron chi connectivity index (χ4n) is 3.28. The van der Waals surface area contributed by atoms with Gasteiger partial charge in [-0.3, -0.25) is 4.90 Å². The fraction of sp³-hybridized carbons (Fsp3) is 0.667. The van der Waals surface area contributed by atoms with Crippen LogP contribution in [0.4, 0.5) is 4.79 Å². The second-order valence-corrected chi connectivity index (χ2v) is 7.29. The lowest BCUT2D eigenvalue weighted by atomic mass is 9.85. The van der Waals surface area contributed by atoms with E-state index >= 15 is 0 Å². The second kappa shape index (κ2) is 6.97. The van der Waals surface area contributed by atoms with Gasteiger partial charge in [0.2, 0.25) is 0 Å². The van der Waals surface area contributed by atoms with Crippen LogP contribution in [0.2, 0.25) is 0 Å². The predicted molar refractivity (Wildman–Crippen MR) is 91.6 cm³/mol. The van der Waals surface area contributed by atoms with Crippen molar-refractivity contribution in [3.05, 3.63) is 23.8 Å². The number of nitrogens with zero attached hydrogens (tertiary/aromatic N) is 2. The molecule has 2 heterocycles. The number of rotatable bonds is 3. The number of hydrogen-bond donors (Lipinski definition) is 0. The summed E-state index contributed by atoms with van der Waals surface area (Å²) in [6.07, 6.45) is 2.07. The Morgan fingerprint density at radius 2 is 2.00 bits per heavy atom. The molecule has 134 valence electrons. The highest BCUT2D eigenvalue weighted by molar-refractivity contribution is 5.92. The number of likely N-dealkylation sites (N-methyl/N-ethyl adjacent to an activating group) is 1. The van der Waals surface area contributed by atoms with Crippen LogP contribution in [0.5, 0.6) is 0 Å². The summed E-state index contributed by atoms with van der Waals surface area (Å²) >= 11 is 0. The number of allylic oxidation sites excluding steroid dienone is 1. The van der Waals surface area contributed by atoms with Crippen LogP contribution >= 0.6 is 0 Å². The molecular weight excluding hydrogens is 308 g/mol. The Morgan fingerprint density at radius 3 is 2.54 bits per heavy atom. The molecule has 0 saturated carbocycles. The maximum Gasteiger partial charge on any atom is 0.410 e. The van der Waals surface area contributed by atoms with Crippen molar-refractivity contribution in [2.45, 2.75) is 51.8 Å². The Labute approximate surface area is 144 Å². The molecule has 0 radical (unpaired) electrons. The van der Waals surface area contributed by atoms with Gasteiger partial charge < -0.3 is 14.4 Å². The van der Waals surface area contributed by atoms with Crippen LogP contribution in [0.15, 0.2) is 23.8 Å². The second-order valence-electron chi connectivity index (χ2n) is 7.29. The number of esters is 1. The van der Waals surface area contributed by atoms with Gasteiger partial charge in [-0.15, -0.1) is 0 Å². The molecule has 0 aromatic rings. The summed E-state index contributed by atoms with van der Waals surface area (Å²) in [7, 11) is 1.99. The molecule has 2 bridgehead atoms. The number of piperazine rings is 1. The first-order chi connectivity index (χ1) is 11.2. The van der Waals surface area contributed by atoms with Gasteiger partial charge in [0, 0.05) is 19.1 Å². The van der Waals surface area contributed by atoms with Gasteiger partial charge in [0.1, 0.15) is 5.60 Å². The van der Waals surface area contributed by atoms with E-state index in [9.17, 15) is 9.59 Å². The van der Waals surface area contributed by atoms with Crippen LogP contribution in [0.3, 0.4) is 0 Å². The molecule has 0 aromatic heterocycles. The van der Waals surface area contributed by atoms with Gasteiger partial charge in [-0.2, -0.15) is 0 Å². The van der Waals surface area contributed by atoms with E-state index in [2.05, 4.69) is 11.5 Å². The lowest BCUT2D eigenvalue weighted by molar-refractivity contribution is -0.140. The molecule has 2 aliphatic heterocycles. The van der Waals surface area contributed by atoms with Gasteiger partial charge >= 0.3 is 12.1 Å². The van der Waals surface area contributed by atoms with E-state index in [0.29, 0.717) is 31.7 Å². The van der Waals surface area contributed by atoms with Crippen LogP contribution in [0.1, 0.15) is 34.1 Å². The molecule has 1 saturated heterocycles. The smallest absolute Gasteiger partial charge is 0.410 e. The first-order valence-electron chi connectivity index (χ1n) is 8.40. The number of amides is 1. The van der Waals surface area contributed by atoms with Crippen LogP contribution in [0.25, 0.3) is 0 Å². The zero-order valence-electron chi connectivity index (χ0n) is 15.3. The van der Waals surface area contributed by atoms with Gasteiger partial charge in [0.05, 0.1) is 18.2 Å². The molecular formula is C18H28N2O4. The average molecular weight is 336 g/mol. The highest BCUT2D eigenvalue weighted by atomic mass is 16.6. The molecule has 24 heavy (non-hydrogen) atoms. The van der Waals surface area contributed by atoms with Crippen molar-refractivity contribution in [3.8, 4) is 0 Å². The van der Waals surface area contributed by atoms with E-state index in [0.717, 1.165) is 5.57 Å². The number of hydrogen-bond acceptors (Lipinski definition) is 5. The highest BCUT2D eigenvalue weighted by Gasteiger charge is 2.43. The molecule has 1 fully saturated rings. The minimum absolute atomic E-state index is 0.141. The highest BCUT2D eigenvalue weighted by Crippen LogP contribution is 2.33. The Balaban J connectivity index is 2.27. The van der Waals surface area contributed by atoms with Crippen molar-refractivity contribution in [1.29, 1.82) is 0 Å². The van der Waals surface area contributed by atoms with Crippen LogP contribution in [-0.2, 0) is 14.3 Å². The van der Waals surface area contributed by atoms with Gasteiger partial charge in [-0.05, 0) is 46.7 Å². The minimum Gasteiger partial charge on any atom is -0.463 e. The van der Waals surface area contributed by atoms with Crippen LogP contribution < -0.4 is 0 Å². The van der Waals surface area contributed by atoms with Crippen molar-refractivity contribution >= 4 is 12.1 Å². The molecule has 0 aliphatic carbocycles. The molecule has 1 amide bonds. The number of ether oxygens (including phenoxy) is 2. The minimum atomic E-state index is -0.540. The number of fused-ring (bicyclic) bond motifs is 2. The number of carbonyl (C=O) groups excluding carboxylic acids is 2. The van der Waals surface area contributed by atoms with E-state index in [1.54, 1.807) is 17.9 Å². The molecule has 6 nitrogen and oxygen atoms in total. The lowest BCUT2D eigenvalue weighted by Gasteiger charge is -2.48. The fourth-order valence-corrected chi connectivity index (χ4v) is 3.28. The normalized spacial score (nSPS) is 24.6. The maximum atomic E-state index is 12.4. The topological polar surface area (TPSA) is 59.1 Å². The van der Waals surface area contributed by atoms with E-state index in [1.165, 1.54) is 0 Å². The monoisotopic (exact) mass is 336 g/mol. The summed E-state index contributed by atoms with van der Waals surface area (Å²) in [6.45, 7) is 12.5. The third-order valence-corrected chi connectivity index (χ3v) is 4.42. The molecule has 2 rings (SSSR count). The van der Waals surface area contributed by atoms with E-state index in [-0.39, 0.29) is 24.1 Å². The maximum absolute atomic E-state index is 12.4. The zero-order valence-corrected chi connectivity index (χ0v) is 15.3. The van der Waals surface area contributed by atoms with Crippen molar-refractivity contribution in [2.75, 3.05) is 26.7 Å². The van der Waals surface area contributed by atoms with E-state index in [1.807, 2.05) is 27.8 Å². The van der Waals surface area contributed by atoms with Gasteiger partial charge in [-0.25, -0.2) is 9.59 Å². The average Bonchev–Trinajstić information content (AvgIpc) is 2.45. The third-order valence-electron chi connectivity index (χ3n) is 4.42. The largest absolute Gasteiger partial charge is 0.463 e. The number of carbonyl (C=O) groups is 2. The van der Waals surface area contributed by atoms with Crippen molar-refractivity contribution < 1.29 is 19.1 Å². The Hall–Kier alpha value is -1.82. The standard InChI is InChI=1S/C18H28N2O4/c1-7-12-9-13-10-20(17(22)24-18(3,4)5)11-14(19(13)6)15(12)16(21)23-8-2/h7,13-14H,1,8-11H2,2-6H3. The van der Waals surface area contributed by atoms with E-state index < -0.39 is 5.60 Å². The van der Waals surface area contributed by atoms with Gasteiger partial charge in [0.25, 0.3) is 0 Å². The van der Waals surface area contributed by atoms with Crippen molar-refractivity contribution in [3.63, 3.8) is 0 Å². The van der Waals surface area contributed by atoms with Gasteiger partial charge in [-0.1, -0.05) is 12.7 Å². The van der Waals surface area contributed by atoms with Crippen LogP contribution in [0, 0.1) is 0 Å². The summed E-state index contributed by atoms with van der Waals surface area (Å²) in [4.78, 5) is 28.7. The quantitative estimate of drug-likeness (QED) is 0.741. The SMILES string of the molecule is C=CC1=C(C(=O)OCC)C2CN(C(=O)OC(C)(C)C)CC(C1)N2C. The van der Waals surface area contributed by atoms with Crippen LogP contribution in [-0.4, -0.2) is 66.3 Å². The van der Waals surface area contributed by atoms with Crippen molar-refractivity contribution in [2.24, 2.45) is 0 Å². The summed E-state index contributed by atoms with van der Waals surface area (Å²) < 4.78 is 10.7. The first-order valence-corrected chi connectivity index (χ1v) is 8.40. The first kappa shape index (κ1) is 18.5. The molecule has 0 N–H and O–H groups in total. The molecule has 0 aromatic carbocycles. The predicted octanol–water partition coefficient (Wildman–Crippen LogP) is 2.36. The molecule has 2 atom stereocenters. The molecule has 6 heteroatoms. The lowest BCUT2D eigenvalue weighted by Crippen LogP contribution is -2.62. The molecule has 2 unspecified atom stereocenters. The summed E-state index contributed by atoms with van der Waals surface area (Å²) in [5.41, 5.74) is 0.992. The summed E-state index contributed by atoms with van der Waals surface area (Å²) in [5.74, 6) is -0.325. The third kappa shape index (κ3) is 3.80. The van der Waals surface area contributed by atoms with Crippen molar-refractivity contribution in [1.82, 2.24) is 9.80 Å². The zero-order chi connectivity index (χ0) is 18.1. The molecule has 0 spiro atoms. The Kier molecular flexibility index (Phi) is 5.38.